The summed E-state index contributed by atoms with van der Waals surface area (Å²) in [6.07, 6.45) is 1.42. The third-order valence-corrected chi connectivity index (χ3v) is 2.73. The maximum absolute atomic E-state index is 12.1. The van der Waals surface area contributed by atoms with Crippen molar-refractivity contribution in [1.82, 2.24) is 0 Å². The minimum Gasteiger partial charge on any atom is -0.478 e. The minimum atomic E-state index is -1.37. The first-order valence-electron chi connectivity index (χ1n) is 6.01. The van der Waals surface area contributed by atoms with E-state index in [1.165, 1.54) is 26.2 Å². The van der Waals surface area contributed by atoms with Gasteiger partial charge < -0.3 is 14.3 Å². The van der Waals surface area contributed by atoms with E-state index >= 15 is 0 Å². The molecule has 0 saturated carbocycles. The molecule has 0 atom stereocenters. The Hall–Kier alpha value is -2.56. The summed E-state index contributed by atoms with van der Waals surface area (Å²) in [5.74, 6) is -0.830. The van der Waals surface area contributed by atoms with E-state index < -0.39 is 11.6 Å². The number of aliphatic carboxylic acids is 1. The van der Waals surface area contributed by atoms with Gasteiger partial charge in [-0.25, -0.2) is 4.79 Å². The Labute approximate surface area is 115 Å². The second-order valence-corrected chi connectivity index (χ2v) is 4.75. The Kier molecular flexibility index (Phi) is 3.61. The number of carboxylic acid groups (broad SMARTS) is 1. The molecule has 0 unspecified atom stereocenters. The summed E-state index contributed by atoms with van der Waals surface area (Å²) >= 11 is 0. The van der Waals surface area contributed by atoms with Gasteiger partial charge in [0.15, 0.2) is 11.4 Å². The fourth-order valence-corrected chi connectivity index (χ4v) is 1.59. The number of ketones is 1. The highest BCUT2D eigenvalue weighted by Crippen LogP contribution is 2.21. The lowest BCUT2D eigenvalue weighted by Crippen LogP contribution is -2.37. The molecule has 0 aliphatic carbocycles. The average molecular weight is 274 g/mol. The zero-order chi connectivity index (χ0) is 14.8. The molecule has 1 aromatic heterocycles. The van der Waals surface area contributed by atoms with Crippen molar-refractivity contribution in [2.75, 3.05) is 0 Å². The van der Waals surface area contributed by atoms with Crippen LogP contribution in [0.1, 0.15) is 30.0 Å². The molecule has 0 amide bonds. The molecule has 0 radical (unpaired) electrons. The van der Waals surface area contributed by atoms with Crippen molar-refractivity contribution in [2.45, 2.75) is 19.4 Å². The van der Waals surface area contributed by atoms with E-state index in [1.807, 2.05) is 0 Å². The molecule has 5 heteroatoms. The largest absolute Gasteiger partial charge is 0.478 e. The van der Waals surface area contributed by atoms with Crippen molar-refractivity contribution in [1.29, 1.82) is 0 Å². The smallest absolute Gasteiger partial charge is 0.347 e. The molecule has 5 nitrogen and oxygen atoms in total. The summed E-state index contributed by atoms with van der Waals surface area (Å²) in [4.78, 5) is 23.1. The van der Waals surface area contributed by atoms with Crippen LogP contribution in [0.3, 0.4) is 0 Å². The number of carbonyl (C=O) groups excluding carboxylic acids is 1. The summed E-state index contributed by atoms with van der Waals surface area (Å²) in [6.45, 7) is 2.88. The zero-order valence-electron chi connectivity index (χ0n) is 11.1. The molecular formula is C15H14O5. The van der Waals surface area contributed by atoms with Crippen LogP contribution in [0, 0.1) is 0 Å². The molecule has 104 valence electrons. The Bertz CT molecular complexity index is 625. The fraction of sp³-hybridized carbons (Fsp3) is 0.200. The molecule has 1 N–H and O–H groups in total. The number of benzene rings is 1. The van der Waals surface area contributed by atoms with E-state index in [0.29, 0.717) is 11.3 Å². The Morgan fingerprint density at radius 1 is 1.20 bits per heavy atom. The van der Waals surface area contributed by atoms with Gasteiger partial charge in [-0.3, -0.25) is 4.79 Å². The van der Waals surface area contributed by atoms with Crippen LogP contribution in [0.2, 0.25) is 0 Å². The predicted octanol–water partition coefficient (Wildman–Crippen LogP) is 2.75. The fourth-order valence-electron chi connectivity index (χ4n) is 1.59. The monoisotopic (exact) mass is 274 g/mol. The minimum absolute atomic E-state index is 0.222. The molecule has 2 aromatic rings. The Morgan fingerprint density at radius 3 is 2.55 bits per heavy atom. The first-order chi connectivity index (χ1) is 9.40. The van der Waals surface area contributed by atoms with Gasteiger partial charge in [0, 0.05) is 5.56 Å². The Morgan fingerprint density at radius 2 is 1.95 bits per heavy atom. The molecule has 0 saturated heterocycles. The van der Waals surface area contributed by atoms with Gasteiger partial charge in [0.05, 0.1) is 6.26 Å². The highest BCUT2D eigenvalue weighted by molar-refractivity contribution is 6.07. The van der Waals surface area contributed by atoms with E-state index in [1.54, 1.807) is 30.3 Å². The number of carbonyl (C=O) groups is 2. The topological polar surface area (TPSA) is 76.7 Å². The lowest BCUT2D eigenvalue weighted by molar-refractivity contribution is -0.152. The summed E-state index contributed by atoms with van der Waals surface area (Å²) < 4.78 is 10.4. The maximum atomic E-state index is 12.1. The van der Waals surface area contributed by atoms with Gasteiger partial charge in [-0.15, -0.1) is 0 Å². The summed E-state index contributed by atoms with van der Waals surface area (Å²) in [5.41, 5.74) is -0.995. The lowest BCUT2D eigenvalue weighted by atomic mass is 10.1. The molecule has 0 aliphatic heterocycles. The second kappa shape index (κ2) is 5.21. The molecule has 2 rings (SSSR count). The van der Waals surface area contributed by atoms with Gasteiger partial charge in [-0.1, -0.05) is 12.1 Å². The maximum Gasteiger partial charge on any atom is 0.347 e. The SMILES string of the molecule is CC(C)(Oc1cccc(C(=O)c2ccco2)c1)C(=O)O. The van der Waals surface area contributed by atoms with E-state index in [0.717, 1.165) is 0 Å². The van der Waals surface area contributed by atoms with Gasteiger partial charge >= 0.3 is 5.97 Å². The molecule has 0 aliphatic rings. The van der Waals surface area contributed by atoms with Gasteiger partial charge in [0.2, 0.25) is 5.78 Å². The van der Waals surface area contributed by atoms with Crippen molar-refractivity contribution >= 4 is 11.8 Å². The van der Waals surface area contributed by atoms with Crippen molar-refractivity contribution < 1.29 is 23.8 Å². The number of furan rings is 1. The van der Waals surface area contributed by atoms with Crippen LogP contribution in [0.25, 0.3) is 0 Å². The van der Waals surface area contributed by atoms with Crippen molar-refractivity contribution in [2.24, 2.45) is 0 Å². The van der Waals surface area contributed by atoms with Crippen LogP contribution in [-0.4, -0.2) is 22.5 Å². The van der Waals surface area contributed by atoms with Gasteiger partial charge in [0.25, 0.3) is 0 Å². The van der Waals surface area contributed by atoms with Crippen molar-refractivity contribution in [3.8, 4) is 5.75 Å². The summed E-state index contributed by atoms with van der Waals surface area (Å²) in [5, 5.41) is 9.02. The normalized spacial score (nSPS) is 11.1. The molecule has 1 heterocycles. The van der Waals surface area contributed by atoms with Crippen LogP contribution >= 0.6 is 0 Å². The predicted molar refractivity (Wildman–Crippen MR) is 70.9 cm³/mol. The molecule has 0 spiro atoms. The highest BCUT2D eigenvalue weighted by Gasteiger charge is 2.29. The highest BCUT2D eigenvalue weighted by atomic mass is 16.5. The Balaban J connectivity index is 2.25. The lowest BCUT2D eigenvalue weighted by Gasteiger charge is -2.21. The van der Waals surface area contributed by atoms with Crippen molar-refractivity contribution in [3.05, 3.63) is 54.0 Å². The summed E-state index contributed by atoms with van der Waals surface area (Å²) in [6, 6.07) is 9.53. The first kappa shape index (κ1) is 13.9. The molecule has 0 fully saturated rings. The van der Waals surface area contributed by atoms with Crippen LogP contribution in [0.5, 0.6) is 5.75 Å². The zero-order valence-corrected chi connectivity index (χ0v) is 11.1. The number of rotatable bonds is 5. The van der Waals surface area contributed by atoms with Crippen LogP contribution < -0.4 is 4.74 Å². The second-order valence-electron chi connectivity index (χ2n) is 4.75. The van der Waals surface area contributed by atoms with E-state index in [2.05, 4.69) is 0 Å². The van der Waals surface area contributed by atoms with Crippen molar-refractivity contribution in [3.63, 3.8) is 0 Å². The van der Waals surface area contributed by atoms with Crippen LogP contribution in [0.4, 0.5) is 0 Å². The summed E-state index contributed by atoms with van der Waals surface area (Å²) in [7, 11) is 0. The number of carboxylic acids is 1. The van der Waals surface area contributed by atoms with E-state index in [-0.39, 0.29) is 11.5 Å². The first-order valence-corrected chi connectivity index (χ1v) is 6.01. The third kappa shape index (κ3) is 2.88. The molecular weight excluding hydrogens is 260 g/mol. The average Bonchev–Trinajstić information content (AvgIpc) is 2.91. The number of ether oxygens (including phenoxy) is 1. The number of hydrogen-bond donors (Lipinski definition) is 1. The van der Waals surface area contributed by atoms with Gasteiger partial charge in [-0.2, -0.15) is 0 Å². The number of hydrogen-bond acceptors (Lipinski definition) is 4. The van der Waals surface area contributed by atoms with Gasteiger partial charge in [-0.05, 0) is 38.1 Å². The quantitative estimate of drug-likeness (QED) is 0.848. The standard InChI is InChI=1S/C15H14O5/c1-15(2,14(17)18)20-11-6-3-5-10(9-11)13(16)12-7-4-8-19-12/h3-9H,1-2H3,(H,17,18). The molecule has 1 aromatic carbocycles. The van der Waals surface area contributed by atoms with Crippen LogP contribution in [-0.2, 0) is 4.79 Å². The molecule has 20 heavy (non-hydrogen) atoms. The van der Waals surface area contributed by atoms with E-state index in [9.17, 15) is 9.59 Å². The third-order valence-electron chi connectivity index (χ3n) is 2.73. The van der Waals surface area contributed by atoms with Crippen LogP contribution in [0.15, 0.2) is 47.1 Å². The van der Waals surface area contributed by atoms with E-state index in [4.69, 9.17) is 14.3 Å². The molecule has 0 bridgehead atoms. The van der Waals surface area contributed by atoms with Gasteiger partial charge in [0.1, 0.15) is 5.75 Å².